The molecule has 1 aromatic rings. The monoisotopic (exact) mass is 303 g/mol. The molecule has 2 rings (SSSR count). The highest BCUT2D eigenvalue weighted by Crippen LogP contribution is 2.13. The predicted octanol–water partition coefficient (Wildman–Crippen LogP) is 1.66. The Morgan fingerprint density at radius 3 is 2.91 bits per heavy atom. The molecular weight excluding hydrogens is 278 g/mol. The van der Waals surface area contributed by atoms with Gasteiger partial charge in [0, 0.05) is 38.5 Å². The summed E-state index contributed by atoms with van der Waals surface area (Å²) in [5.41, 5.74) is 0.792. The van der Waals surface area contributed by atoms with Gasteiger partial charge in [-0.25, -0.2) is 0 Å². The van der Waals surface area contributed by atoms with Gasteiger partial charge in [0.15, 0.2) is 0 Å². The average molecular weight is 303 g/mol. The molecule has 1 fully saturated rings. The van der Waals surface area contributed by atoms with E-state index in [0.29, 0.717) is 13.1 Å². The Morgan fingerprint density at radius 1 is 1.41 bits per heavy atom. The lowest BCUT2D eigenvalue weighted by Gasteiger charge is -2.25. The van der Waals surface area contributed by atoms with E-state index in [2.05, 4.69) is 9.88 Å². The first-order chi connectivity index (χ1) is 10.6. The fourth-order valence-electron chi connectivity index (χ4n) is 2.38. The molecule has 0 unspecified atom stereocenters. The number of rotatable bonds is 7. The second-order valence-corrected chi connectivity index (χ2v) is 5.81. The summed E-state index contributed by atoms with van der Waals surface area (Å²) in [6.45, 7) is 3.03. The van der Waals surface area contributed by atoms with Gasteiger partial charge in [0.05, 0.1) is 11.8 Å². The summed E-state index contributed by atoms with van der Waals surface area (Å²) in [4.78, 5) is 20.6. The van der Waals surface area contributed by atoms with Crippen LogP contribution in [0.4, 0.5) is 0 Å². The van der Waals surface area contributed by atoms with Crippen LogP contribution in [0.15, 0.2) is 30.5 Å². The maximum atomic E-state index is 12.5. The number of carbonyl (C=O) groups is 1. The van der Waals surface area contributed by atoms with E-state index in [0.717, 1.165) is 31.7 Å². The van der Waals surface area contributed by atoms with Gasteiger partial charge in [0.1, 0.15) is 0 Å². The molecule has 5 nitrogen and oxygen atoms in total. The minimum absolute atomic E-state index is 0.0167. The Balaban J connectivity index is 1.95. The summed E-state index contributed by atoms with van der Waals surface area (Å²) in [6, 6.07) is 5.65. The first-order valence-electron chi connectivity index (χ1n) is 7.79. The zero-order chi connectivity index (χ0) is 15.8. The molecule has 1 aromatic heterocycles. The van der Waals surface area contributed by atoms with Crippen LogP contribution in [0.3, 0.4) is 0 Å². The smallest absolute Gasteiger partial charge is 0.246 e. The molecule has 2 heterocycles. The van der Waals surface area contributed by atoms with E-state index in [9.17, 15) is 4.79 Å². The molecule has 1 aliphatic heterocycles. The van der Waals surface area contributed by atoms with E-state index < -0.39 is 0 Å². The van der Waals surface area contributed by atoms with Crippen LogP contribution in [0.1, 0.15) is 18.5 Å². The molecule has 0 bridgehead atoms. The number of aromatic nitrogens is 1. The number of carbonyl (C=O) groups excluding carboxylic acids is 1. The standard InChI is InChI=1S/C17H25N3O2/c1-19(2)11-12-20(14-16-7-5-13-22-16)17(21)9-8-15-6-3-4-10-18-15/h3-4,6,8-10,16H,5,7,11-14H2,1-2H3/b9-8+/t16-/m0/s1. The minimum atomic E-state index is 0.0167. The van der Waals surface area contributed by atoms with Gasteiger partial charge in [-0.05, 0) is 45.1 Å². The maximum Gasteiger partial charge on any atom is 0.246 e. The van der Waals surface area contributed by atoms with E-state index in [1.54, 1.807) is 18.3 Å². The zero-order valence-corrected chi connectivity index (χ0v) is 13.4. The van der Waals surface area contributed by atoms with Crippen LogP contribution in [-0.4, -0.2) is 67.1 Å². The quantitative estimate of drug-likeness (QED) is 0.719. The third-order valence-electron chi connectivity index (χ3n) is 3.66. The van der Waals surface area contributed by atoms with Crippen molar-refractivity contribution < 1.29 is 9.53 Å². The number of likely N-dealkylation sites (N-methyl/N-ethyl adjacent to an activating group) is 1. The predicted molar refractivity (Wildman–Crippen MR) is 87.4 cm³/mol. The van der Waals surface area contributed by atoms with Gasteiger partial charge in [0.25, 0.3) is 0 Å². The van der Waals surface area contributed by atoms with Crippen LogP contribution in [0.25, 0.3) is 6.08 Å². The van der Waals surface area contributed by atoms with Crippen LogP contribution >= 0.6 is 0 Å². The molecule has 0 aromatic carbocycles. The fraction of sp³-hybridized carbons (Fsp3) is 0.529. The van der Waals surface area contributed by atoms with Gasteiger partial charge >= 0.3 is 0 Å². The zero-order valence-electron chi connectivity index (χ0n) is 13.4. The Kier molecular flexibility index (Phi) is 6.55. The van der Waals surface area contributed by atoms with Crippen molar-refractivity contribution >= 4 is 12.0 Å². The Labute approximate surface area is 132 Å². The van der Waals surface area contributed by atoms with E-state index in [1.165, 1.54) is 0 Å². The highest BCUT2D eigenvalue weighted by molar-refractivity contribution is 5.91. The number of amides is 1. The molecule has 0 radical (unpaired) electrons. The minimum Gasteiger partial charge on any atom is -0.376 e. The van der Waals surface area contributed by atoms with Crippen molar-refractivity contribution in [3.8, 4) is 0 Å². The van der Waals surface area contributed by atoms with Crippen LogP contribution in [-0.2, 0) is 9.53 Å². The summed E-state index contributed by atoms with van der Waals surface area (Å²) < 4.78 is 5.66. The normalized spacial score (nSPS) is 18.2. The van der Waals surface area contributed by atoms with E-state index in [4.69, 9.17) is 4.74 Å². The van der Waals surface area contributed by atoms with Gasteiger partial charge in [-0.2, -0.15) is 0 Å². The molecule has 1 aliphatic rings. The third kappa shape index (κ3) is 5.58. The topological polar surface area (TPSA) is 45.7 Å². The van der Waals surface area contributed by atoms with Crippen molar-refractivity contribution in [1.82, 2.24) is 14.8 Å². The summed E-state index contributed by atoms with van der Waals surface area (Å²) in [5, 5.41) is 0. The SMILES string of the molecule is CN(C)CCN(C[C@@H]1CCCO1)C(=O)/C=C/c1ccccn1. The summed E-state index contributed by atoms with van der Waals surface area (Å²) in [6.07, 6.45) is 7.39. The van der Waals surface area contributed by atoms with Crippen LogP contribution < -0.4 is 0 Å². The largest absolute Gasteiger partial charge is 0.376 e. The molecule has 0 spiro atoms. The summed E-state index contributed by atoms with van der Waals surface area (Å²) in [7, 11) is 4.02. The van der Waals surface area contributed by atoms with E-state index in [1.807, 2.05) is 37.2 Å². The third-order valence-corrected chi connectivity index (χ3v) is 3.66. The lowest BCUT2D eigenvalue weighted by molar-refractivity contribution is -0.127. The van der Waals surface area contributed by atoms with Crippen LogP contribution in [0, 0.1) is 0 Å². The molecule has 120 valence electrons. The van der Waals surface area contributed by atoms with E-state index >= 15 is 0 Å². The Morgan fingerprint density at radius 2 is 2.27 bits per heavy atom. The van der Waals surface area contributed by atoms with Gasteiger partial charge in [0.2, 0.25) is 5.91 Å². The van der Waals surface area contributed by atoms with Crippen molar-refractivity contribution in [3.05, 3.63) is 36.2 Å². The highest BCUT2D eigenvalue weighted by Gasteiger charge is 2.21. The Hall–Kier alpha value is -1.72. The molecular formula is C17H25N3O2. The average Bonchev–Trinajstić information content (AvgIpc) is 3.03. The highest BCUT2D eigenvalue weighted by atomic mass is 16.5. The molecule has 0 aliphatic carbocycles. The molecule has 5 heteroatoms. The summed E-state index contributed by atoms with van der Waals surface area (Å²) in [5.74, 6) is 0.0167. The number of hydrogen-bond acceptors (Lipinski definition) is 4. The van der Waals surface area contributed by atoms with Gasteiger partial charge in [-0.3, -0.25) is 9.78 Å². The number of nitrogens with zero attached hydrogens (tertiary/aromatic N) is 3. The van der Waals surface area contributed by atoms with Crippen molar-refractivity contribution in [2.24, 2.45) is 0 Å². The van der Waals surface area contributed by atoms with Crippen LogP contribution in [0.5, 0.6) is 0 Å². The van der Waals surface area contributed by atoms with Crippen LogP contribution in [0.2, 0.25) is 0 Å². The number of hydrogen-bond donors (Lipinski definition) is 0. The van der Waals surface area contributed by atoms with Gasteiger partial charge in [-0.15, -0.1) is 0 Å². The maximum absolute atomic E-state index is 12.5. The molecule has 22 heavy (non-hydrogen) atoms. The second kappa shape index (κ2) is 8.66. The van der Waals surface area contributed by atoms with E-state index in [-0.39, 0.29) is 12.0 Å². The van der Waals surface area contributed by atoms with Gasteiger partial charge in [-0.1, -0.05) is 6.07 Å². The van der Waals surface area contributed by atoms with Crippen molar-refractivity contribution in [2.75, 3.05) is 40.3 Å². The first kappa shape index (κ1) is 16.6. The molecule has 1 saturated heterocycles. The van der Waals surface area contributed by atoms with Crippen molar-refractivity contribution in [2.45, 2.75) is 18.9 Å². The second-order valence-electron chi connectivity index (χ2n) is 5.81. The number of pyridine rings is 1. The number of ether oxygens (including phenoxy) is 1. The lowest BCUT2D eigenvalue weighted by Crippen LogP contribution is -2.40. The first-order valence-corrected chi connectivity index (χ1v) is 7.79. The molecule has 1 atom stereocenters. The summed E-state index contributed by atoms with van der Waals surface area (Å²) >= 11 is 0. The van der Waals surface area contributed by atoms with Crippen molar-refractivity contribution in [1.29, 1.82) is 0 Å². The molecule has 0 saturated carbocycles. The fourth-order valence-corrected chi connectivity index (χ4v) is 2.38. The lowest BCUT2D eigenvalue weighted by atomic mass is 10.2. The Bertz CT molecular complexity index is 482. The van der Waals surface area contributed by atoms with Crippen molar-refractivity contribution in [3.63, 3.8) is 0 Å². The van der Waals surface area contributed by atoms with Gasteiger partial charge < -0.3 is 14.5 Å². The molecule has 1 amide bonds. The molecule has 0 N–H and O–H groups in total.